The van der Waals surface area contributed by atoms with E-state index in [1.807, 2.05) is 0 Å². The highest BCUT2D eigenvalue weighted by molar-refractivity contribution is 5.94. The van der Waals surface area contributed by atoms with Crippen LogP contribution in [0.15, 0.2) is 18.2 Å². The van der Waals surface area contributed by atoms with Crippen LogP contribution in [0.4, 0.5) is 8.78 Å². The summed E-state index contributed by atoms with van der Waals surface area (Å²) < 4.78 is 36.5. The maximum absolute atomic E-state index is 13.2. The summed E-state index contributed by atoms with van der Waals surface area (Å²) in [4.78, 5) is 22.8. The zero-order chi connectivity index (χ0) is 16.1. The lowest BCUT2D eigenvalue weighted by molar-refractivity contribution is -0.129. The summed E-state index contributed by atoms with van der Waals surface area (Å²) in [5.41, 5.74) is 5.01. The Morgan fingerprint density at radius 1 is 1.36 bits per heavy atom. The van der Waals surface area contributed by atoms with E-state index in [-0.39, 0.29) is 18.8 Å². The molecule has 0 radical (unpaired) electrons. The van der Waals surface area contributed by atoms with Gasteiger partial charge in [-0.3, -0.25) is 9.59 Å². The molecular weight excluding hydrogens is 298 g/mol. The first-order chi connectivity index (χ1) is 10.5. The predicted octanol–water partition coefficient (Wildman–Crippen LogP) is 0.354. The third kappa shape index (κ3) is 4.22. The molecule has 8 heteroatoms. The van der Waals surface area contributed by atoms with Crippen molar-refractivity contribution in [3.8, 4) is 0 Å². The van der Waals surface area contributed by atoms with Crippen LogP contribution in [0.1, 0.15) is 16.8 Å². The number of ether oxygens (including phenoxy) is 2. The van der Waals surface area contributed by atoms with Crippen molar-refractivity contribution in [3.63, 3.8) is 0 Å². The minimum atomic E-state index is -1.10. The van der Waals surface area contributed by atoms with Gasteiger partial charge in [0.2, 0.25) is 5.91 Å². The van der Waals surface area contributed by atoms with Gasteiger partial charge in [0.1, 0.15) is 12.7 Å². The van der Waals surface area contributed by atoms with E-state index >= 15 is 0 Å². The Morgan fingerprint density at radius 2 is 2.14 bits per heavy atom. The number of benzene rings is 1. The molecule has 1 fully saturated rings. The molecule has 22 heavy (non-hydrogen) atoms. The lowest BCUT2D eigenvalue weighted by Gasteiger charge is -2.31. The first-order valence-corrected chi connectivity index (χ1v) is 6.71. The summed E-state index contributed by atoms with van der Waals surface area (Å²) in [6.07, 6.45) is -0.0609. The first-order valence-electron chi connectivity index (χ1n) is 6.71. The van der Waals surface area contributed by atoms with E-state index in [1.165, 1.54) is 6.07 Å². The maximum atomic E-state index is 13.2. The average molecular weight is 314 g/mol. The zero-order valence-electron chi connectivity index (χ0n) is 11.7. The third-order valence-electron chi connectivity index (χ3n) is 3.24. The van der Waals surface area contributed by atoms with Gasteiger partial charge in [0.05, 0.1) is 12.6 Å². The molecule has 0 saturated carbocycles. The lowest BCUT2D eigenvalue weighted by Crippen LogP contribution is -2.50. The van der Waals surface area contributed by atoms with Crippen LogP contribution in [0.25, 0.3) is 0 Å². The van der Waals surface area contributed by atoms with Crippen LogP contribution in [0.3, 0.4) is 0 Å². The summed E-state index contributed by atoms with van der Waals surface area (Å²) in [7, 11) is 0. The molecule has 0 unspecified atom stereocenters. The van der Waals surface area contributed by atoms with Gasteiger partial charge in [-0.2, -0.15) is 0 Å². The predicted molar refractivity (Wildman–Crippen MR) is 72.0 cm³/mol. The van der Waals surface area contributed by atoms with Gasteiger partial charge in [0.15, 0.2) is 11.6 Å². The van der Waals surface area contributed by atoms with Gasteiger partial charge in [-0.05, 0) is 24.6 Å². The second-order valence-corrected chi connectivity index (χ2v) is 4.89. The molecule has 1 aromatic rings. The number of carbonyl (C=O) groups excluding carboxylic acids is 2. The summed E-state index contributed by atoms with van der Waals surface area (Å²) in [5.74, 6) is -3.30. The average Bonchev–Trinajstić information content (AvgIpc) is 2.49. The van der Waals surface area contributed by atoms with Crippen LogP contribution >= 0.6 is 0 Å². The molecule has 0 aromatic heterocycles. The van der Waals surface area contributed by atoms with Crippen LogP contribution in [-0.2, 0) is 14.3 Å². The molecule has 2 amide bonds. The molecule has 1 aromatic carbocycles. The Hall–Kier alpha value is -2.06. The Labute approximate surface area is 125 Å². The maximum Gasteiger partial charge on any atom is 0.251 e. The van der Waals surface area contributed by atoms with Crippen LogP contribution in [0.2, 0.25) is 0 Å². The summed E-state index contributed by atoms with van der Waals surface area (Å²) in [5, 5.41) is 2.67. The second kappa shape index (κ2) is 7.28. The van der Waals surface area contributed by atoms with Crippen molar-refractivity contribution in [2.75, 3.05) is 19.8 Å². The lowest BCUT2D eigenvalue weighted by atomic mass is 10.1. The topological polar surface area (TPSA) is 90.7 Å². The van der Waals surface area contributed by atoms with E-state index in [0.29, 0.717) is 13.0 Å². The third-order valence-corrected chi connectivity index (χ3v) is 3.24. The Balaban J connectivity index is 2.01. The molecule has 0 spiro atoms. The smallest absolute Gasteiger partial charge is 0.251 e. The fourth-order valence-corrected chi connectivity index (χ4v) is 2.12. The largest absolute Gasteiger partial charge is 0.379 e. The number of hydrogen-bond acceptors (Lipinski definition) is 4. The van der Waals surface area contributed by atoms with E-state index in [9.17, 15) is 18.4 Å². The van der Waals surface area contributed by atoms with Gasteiger partial charge < -0.3 is 20.5 Å². The van der Waals surface area contributed by atoms with Gasteiger partial charge in [-0.25, -0.2) is 8.78 Å². The Kier molecular flexibility index (Phi) is 5.40. The standard InChI is InChI=1S/C14H16F2N2O4/c15-9-2-1-8(5-10(9)16)14(20)18-11-3-4-21-6-12(11)22-7-13(17)19/h1-2,5,11-12H,3-4,6-7H2,(H2,17,19)(H,18,20)/t11-,12-/m1/s1. The number of primary amides is 1. The molecule has 1 saturated heterocycles. The van der Waals surface area contributed by atoms with Crippen LogP contribution in [-0.4, -0.2) is 43.8 Å². The van der Waals surface area contributed by atoms with Crippen LogP contribution in [0.5, 0.6) is 0 Å². The summed E-state index contributed by atoms with van der Waals surface area (Å²) in [6, 6.07) is 2.49. The van der Waals surface area contributed by atoms with Crippen molar-refractivity contribution in [3.05, 3.63) is 35.4 Å². The summed E-state index contributed by atoms with van der Waals surface area (Å²) in [6.45, 7) is 0.334. The fraction of sp³-hybridized carbons (Fsp3) is 0.429. The minimum Gasteiger partial charge on any atom is -0.379 e. The number of amides is 2. The zero-order valence-corrected chi connectivity index (χ0v) is 11.7. The number of carbonyl (C=O) groups is 2. The molecule has 2 atom stereocenters. The van der Waals surface area contributed by atoms with Crippen molar-refractivity contribution in [1.29, 1.82) is 0 Å². The SMILES string of the molecule is NC(=O)CO[C@@H]1COCC[C@H]1NC(=O)c1ccc(F)c(F)c1. The molecule has 1 aliphatic heterocycles. The van der Waals surface area contributed by atoms with E-state index in [1.54, 1.807) is 0 Å². The van der Waals surface area contributed by atoms with Crippen molar-refractivity contribution < 1.29 is 27.8 Å². The monoisotopic (exact) mass is 314 g/mol. The quantitative estimate of drug-likeness (QED) is 0.821. The van der Waals surface area contributed by atoms with E-state index in [2.05, 4.69) is 5.32 Å². The molecule has 1 aliphatic rings. The van der Waals surface area contributed by atoms with E-state index in [4.69, 9.17) is 15.2 Å². The van der Waals surface area contributed by atoms with Crippen LogP contribution in [0, 0.1) is 11.6 Å². The van der Waals surface area contributed by atoms with Gasteiger partial charge in [0, 0.05) is 12.2 Å². The number of nitrogens with two attached hydrogens (primary N) is 1. The number of halogens is 2. The highest BCUT2D eigenvalue weighted by Crippen LogP contribution is 2.14. The van der Waals surface area contributed by atoms with Crippen LogP contribution < -0.4 is 11.1 Å². The van der Waals surface area contributed by atoms with Crippen molar-refractivity contribution in [2.24, 2.45) is 5.73 Å². The molecular formula is C14H16F2N2O4. The normalized spacial score (nSPS) is 21.4. The van der Waals surface area contributed by atoms with Gasteiger partial charge in [0.25, 0.3) is 5.91 Å². The van der Waals surface area contributed by atoms with Gasteiger partial charge in [-0.1, -0.05) is 0 Å². The molecule has 120 valence electrons. The Bertz CT molecular complexity index is 568. The van der Waals surface area contributed by atoms with E-state index in [0.717, 1.165) is 12.1 Å². The van der Waals surface area contributed by atoms with Crippen molar-refractivity contribution in [2.45, 2.75) is 18.6 Å². The molecule has 6 nitrogen and oxygen atoms in total. The fourth-order valence-electron chi connectivity index (χ4n) is 2.12. The minimum absolute atomic E-state index is 0.000886. The summed E-state index contributed by atoms with van der Waals surface area (Å²) >= 11 is 0. The first kappa shape index (κ1) is 16.3. The van der Waals surface area contributed by atoms with Gasteiger partial charge in [-0.15, -0.1) is 0 Å². The van der Waals surface area contributed by atoms with E-state index < -0.39 is 35.6 Å². The van der Waals surface area contributed by atoms with Crippen molar-refractivity contribution >= 4 is 11.8 Å². The molecule has 3 N–H and O–H groups in total. The van der Waals surface area contributed by atoms with Crippen molar-refractivity contribution in [1.82, 2.24) is 5.32 Å². The molecule has 2 rings (SSSR count). The number of hydrogen-bond donors (Lipinski definition) is 2. The Morgan fingerprint density at radius 3 is 2.82 bits per heavy atom. The number of rotatable bonds is 5. The highest BCUT2D eigenvalue weighted by Gasteiger charge is 2.28. The number of nitrogens with one attached hydrogen (secondary N) is 1. The highest BCUT2D eigenvalue weighted by atomic mass is 19.2. The second-order valence-electron chi connectivity index (χ2n) is 4.89. The molecule has 0 bridgehead atoms. The van der Waals surface area contributed by atoms with Gasteiger partial charge >= 0.3 is 0 Å². The molecule has 0 aliphatic carbocycles. The molecule has 1 heterocycles.